The van der Waals surface area contributed by atoms with Crippen LogP contribution in [0.4, 0.5) is 0 Å². The number of hydrogen-bond acceptors (Lipinski definition) is 4. The molecule has 5 heteroatoms. The van der Waals surface area contributed by atoms with Crippen molar-refractivity contribution in [1.29, 1.82) is 0 Å². The zero-order valence-electron chi connectivity index (χ0n) is 11.2. The Morgan fingerprint density at radius 1 is 1.42 bits per heavy atom. The lowest BCUT2D eigenvalue weighted by Gasteiger charge is -2.22. The maximum absolute atomic E-state index is 11.2. The smallest absolute Gasteiger partial charge is 0.217 e. The van der Waals surface area contributed by atoms with Gasteiger partial charge < -0.3 is 19.5 Å². The van der Waals surface area contributed by atoms with Gasteiger partial charge in [-0.05, 0) is 5.56 Å². The molecule has 1 heterocycles. The second kappa shape index (κ2) is 6.65. The van der Waals surface area contributed by atoms with E-state index >= 15 is 0 Å². The molecule has 104 valence electrons. The van der Waals surface area contributed by atoms with Crippen LogP contribution in [-0.4, -0.2) is 38.1 Å². The van der Waals surface area contributed by atoms with Gasteiger partial charge in [-0.15, -0.1) is 0 Å². The molecule has 1 amide bonds. The van der Waals surface area contributed by atoms with E-state index in [1.807, 2.05) is 30.3 Å². The van der Waals surface area contributed by atoms with Gasteiger partial charge in [0.1, 0.15) is 12.1 Å². The molecule has 0 unspecified atom stereocenters. The maximum atomic E-state index is 11.2. The molecule has 1 saturated heterocycles. The molecule has 1 aromatic rings. The van der Waals surface area contributed by atoms with Gasteiger partial charge >= 0.3 is 0 Å². The standard InChI is InChI=1S/C14H19NO4/c1-10(16)15-13-12(9-19-14(13)17-2)18-8-11-6-4-3-5-7-11/h3-7,12-14H,8-9H2,1-2H3,(H,15,16)/t12-,13-,14-/m1/s1. The lowest BCUT2D eigenvalue weighted by molar-refractivity contribution is -0.127. The molecule has 0 spiro atoms. The van der Waals surface area contributed by atoms with E-state index in [-0.39, 0.29) is 18.1 Å². The molecule has 0 saturated carbocycles. The molecule has 1 aliphatic rings. The van der Waals surface area contributed by atoms with E-state index in [1.54, 1.807) is 7.11 Å². The molecule has 2 rings (SSSR count). The first kappa shape index (κ1) is 14.0. The highest BCUT2D eigenvalue weighted by Crippen LogP contribution is 2.19. The number of rotatable bonds is 5. The van der Waals surface area contributed by atoms with Crippen LogP contribution >= 0.6 is 0 Å². The minimum atomic E-state index is -0.454. The molecular weight excluding hydrogens is 246 g/mol. The number of benzene rings is 1. The summed E-state index contributed by atoms with van der Waals surface area (Å²) < 4.78 is 16.5. The van der Waals surface area contributed by atoms with Crippen molar-refractivity contribution in [3.8, 4) is 0 Å². The molecule has 0 radical (unpaired) electrons. The summed E-state index contributed by atoms with van der Waals surface area (Å²) in [4.78, 5) is 11.2. The largest absolute Gasteiger partial charge is 0.369 e. The van der Waals surface area contributed by atoms with E-state index in [0.29, 0.717) is 13.2 Å². The van der Waals surface area contributed by atoms with E-state index in [9.17, 15) is 4.79 Å². The molecule has 1 aromatic carbocycles. The van der Waals surface area contributed by atoms with Crippen LogP contribution in [0.5, 0.6) is 0 Å². The first-order chi connectivity index (χ1) is 9.20. The molecule has 1 fully saturated rings. The Kier molecular flexibility index (Phi) is 4.90. The van der Waals surface area contributed by atoms with Gasteiger partial charge in [-0.25, -0.2) is 0 Å². The summed E-state index contributed by atoms with van der Waals surface area (Å²) in [6, 6.07) is 9.61. The van der Waals surface area contributed by atoms with Crippen molar-refractivity contribution in [2.45, 2.75) is 32.0 Å². The number of nitrogens with one attached hydrogen (secondary N) is 1. The van der Waals surface area contributed by atoms with Gasteiger partial charge in [0.15, 0.2) is 6.29 Å². The van der Waals surface area contributed by atoms with Crippen LogP contribution < -0.4 is 5.32 Å². The highest BCUT2D eigenvalue weighted by molar-refractivity contribution is 5.73. The second-order valence-corrected chi connectivity index (χ2v) is 4.50. The summed E-state index contributed by atoms with van der Waals surface area (Å²) in [6.45, 7) is 2.37. The van der Waals surface area contributed by atoms with Crippen LogP contribution in [0.1, 0.15) is 12.5 Å². The average Bonchev–Trinajstić information content (AvgIpc) is 2.79. The van der Waals surface area contributed by atoms with Gasteiger partial charge in [-0.2, -0.15) is 0 Å². The average molecular weight is 265 g/mol. The predicted molar refractivity (Wildman–Crippen MR) is 69.4 cm³/mol. The van der Waals surface area contributed by atoms with E-state index in [0.717, 1.165) is 5.56 Å². The van der Waals surface area contributed by atoms with Crippen molar-refractivity contribution in [1.82, 2.24) is 5.32 Å². The molecule has 3 atom stereocenters. The maximum Gasteiger partial charge on any atom is 0.217 e. The summed E-state index contributed by atoms with van der Waals surface area (Å²) in [5.74, 6) is -0.120. The van der Waals surface area contributed by atoms with E-state index in [4.69, 9.17) is 14.2 Å². The minimum absolute atomic E-state index is 0.120. The van der Waals surface area contributed by atoms with Gasteiger partial charge in [0, 0.05) is 14.0 Å². The number of carbonyl (C=O) groups is 1. The normalized spacial score (nSPS) is 26.3. The minimum Gasteiger partial charge on any atom is -0.369 e. The first-order valence-corrected chi connectivity index (χ1v) is 6.27. The fraction of sp³-hybridized carbons (Fsp3) is 0.500. The van der Waals surface area contributed by atoms with Crippen molar-refractivity contribution in [2.75, 3.05) is 13.7 Å². The topological polar surface area (TPSA) is 56.8 Å². The fourth-order valence-electron chi connectivity index (χ4n) is 2.11. The Balaban J connectivity index is 1.93. The molecule has 1 aliphatic heterocycles. The zero-order chi connectivity index (χ0) is 13.7. The fourth-order valence-corrected chi connectivity index (χ4v) is 2.11. The van der Waals surface area contributed by atoms with Crippen molar-refractivity contribution in [3.05, 3.63) is 35.9 Å². The molecule has 19 heavy (non-hydrogen) atoms. The monoisotopic (exact) mass is 265 g/mol. The molecule has 0 bridgehead atoms. The third kappa shape index (κ3) is 3.76. The van der Waals surface area contributed by atoms with Crippen LogP contribution in [0, 0.1) is 0 Å². The van der Waals surface area contributed by atoms with Gasteiger partial charge in [0.25, 0.3) is 0 Å². The molecular formula is C14H19NO4. The lowest BCUT2D eigenvalue weighted by Crippen LogP contribution is -2.47. The number of ether oxygens (including phenoxy) is 3. The third-order valence-electron chi connectivity index (χ3n) is 3.03. The number of methoxy groups -OCH3 is 1. The van der Waals surface area contributed by atoms with Crippen molar-refractivity contribution >= 4 is 5.91 Å². The van der Waals surface area contributed by atoms with Crippen LogP contribution in [0.25, 0.3) is 0 Å². The quantitative estimate of drug-likeness (QED) is 0.865. The van der Waals surface area contributed by atoms with E-state index in [1.165, 1.54) is 6.92 Å². The van der Waals surface area contributed by atoms with Crippen LogP contribution in [-0.2, 0) is 25.6 Å². The zero-order valence-corrected chi connectivity index (χ0v) is 11.2. The van der Waals surface area contributed by atoms with E-state index in [2.05, 4.69) is 5.32 Å². The Morgan fingerprint density at radius 3 is 2.79 bits per heavy atom. The molecule has 0 aliphatic carbocycles. The SMILES string of the molecule is CO[C@@H]1OC[C@@H](OCc2ccccc2)[C@H]1NC(C)=O. The van der Waals surface area contributed by atoms with Gasteiger partial charge in [-0.3, -0.25) is 4.79 Å². The van der Waals surface area contributed by atoms with Crippen molar-refractivity contribution < 1.29 is 19.0 Å². The highest BCUT2D eigenvalue weighted by atomic mass is 16.7. The van der Waals surface area contributed by atoms with Crippen LogP contribution in [0.2, 0.25) is 0 Å². The molecule has 0 aromatic heterocycles. The van der Waals surface area contributed by atoms with E-state index < -0.39 is 6.29 Å². The Morgan fingerprint density at radius 2 is 2.16 bits per heavy atom. The lowest BCUT2D eigenvalue weighted by atomic mass is 10.2. The van der Waals surface area contributed by atoms with Gasteiger partial charge in [0.2, 0.25) is 5.91 Å². The number of carbonyl (C=O) groups excluding carboxylic acids is 1. The number of hydrogen-bond donors (Lipinski definition) is 1. The first-order valence-electron chi connectivity index (χ1n) is 6.27. The Hall–Kier alpha value is -1.43. The second-order valence-electron chi connectivity index (χ2n) is 4.50. The molecule has 5 nitrogen and oxygen atoms in total. The predicted octanol–water partition coefficient (Wildman–Crippen LogP) is 1.08. The molecule has 1 N–H and O–H groups in total. The van der Waals surface area contributed by atoms with Crippen molar-refractivity contribution in [2.24, 2.45) is 0 Å². The summed E-state index contributed by atoms with van der Waals surface area (Å²) in [5, 5.41) is 2.82. The highest BCUT2D eigenvalue weighted by Gasteiger charge is 2.38. The van der Waals surface area contributed by atoms with Crippen molar-refractivity contribution in [3.63, 3.8) is 0 Å². The summed E-state index contributed by atoms with van der Waals surface area (Å²) in [5.41, 5.74) is 1.09. The van der Waals surface area contributed by atoms with Gasteiger partial charge in [-0.1, -0.05) is 30.3 Å². The van der Waals surface area contributed by atoms with Crippen LogP contribution in [0.3, 0.4) is 0 Å². The Labute approximate surface area is 112 Å². The van der Waals surface area contributed by atoms with Crippen LogP contribution in [0.15, 0.2) is 30.3 Å². The number of amides is 1. The Bertz CT molecular complexity index is 409. The summed E-state index contributed by atoms with van der Waals surface area (Å²) in [7, 11) is 1.55. The third-order valence-corrected chi connectivity index (χ3v) is 3.03. The summed E-state index contributed by atoms with van der Waals surface area (Å²) >= 11 is 0. The summed E-state index contributed by atoms with van der Waals surface area (Å²) in [6.07, 6.45) is -0.654. The van der Waals surface area contributed by atoms with Gasteiger partial charge in [0.05, 0.1) is 13.2 Å².